The number of rotatable bonds is 5. The SMILES string of the molecule is O=C(O)C1COCCN1C(=O)COCc1ccccc1. The highest BCUT2D eigenvalue weighted by Crippen LogP contribution is 2.08. The van der Waals surface area contributed by atoms with Crippen molar-refractivity contribution in [2.24, 2.45) is 0 Å². The summed E-state index contributed by atoms with van der Waals surface area (Å²) in [5, 5.41) is 9.05. The monoisotopic (exact) mass is 279 g/mol. The van der Waals surface area contributed by atoms with E-state index >= 15 is 0 Å². The van der Waals surface area contributed by atoms with E-state index in [-0.39, 0.29) is 25.7 Å². The van der Waals surface area contributed by atoms with E-state index in [4.69, 9.17) is 14.6 Å². The fourth-order valence-electron chi connectivity index (χ4n) is 2.02. The molecule has 1 aromatic carbocycles. The van der Waals surface area contributed by atoms with E-state index in [1.54, 1.807) is 0 Å². The number of carboxylic acids is 1. The summed E-state index contributed by atoms with van der Waals surface area (Å²) in [6, 6.07) is 8.57. The van der Waals surface area contributed by atoms with Crippen molar-refractivity contribution in [1.82, 2.24) is 4.90 Å². The maximum Gasteiger partial charge on any atom is 0.328 e. The van der Waals surface area contributed by atoms with Gasteiger partial charge in [-0.15, -0.1) is 0 Å². The lowest BCUT2D eigenvalue weighted by Crippen LogP contribution is -2.53. The quantitative estimate of drug-likeness (QED) is 0.850. The lowest BCUT2D eigenvalue weighted by molar-refractivity contribution is -0.160. The fourth-order valence-corrected chi connectivity index (χ4v) is 2.02. The Kier molecular flexibility index (Phi) is 5.09. The van der Waals surface area contributed by atoms with Gasteiger partial charge >= 0.3 is 5.97 Å². The Morgan fingerprint density at radius 3 is 2.80 bits per heavy atom. The second kappa shape index (κ2) is 7.02. The number of aliphatic carboxylic acids is 1. The third-order valence-corrected chi connectivity index (χ3v) is 3.07. The van der Waals surface area contributed by atoms with Gasteiger partial charge in [0.2, 0.25) is 5.91 Å². The Bertz CT molecular complexity index is 462. The Labute approximate surface area is 116 Å². The fraction of sp³-hybridized carbons (Fsp3) is 0.429. The molecule has 108 valence electrons. The lowest BCUT2D eigenvalue weighted by Gasteiger charge is -2.32. The minimum absolute atomic E-state index is 0.0275. The molecule has 1 aliphatic heterocycles. The van der Waals surface area contributed by atoms with Crippen LogP contribution < -0.4 is 0 Å². The molecule has 1 heterocycles. The number of carboxylic acid groups (broad SMARTS) is 1. The zero-order valence-electron chi connectivity index (χ0n) is 11.0. The van der Waals surface area contributed by atoms with Gasteiger partial charge in [-0.1, -0.05) is 30.3 Å². The zero-order chi connectivity index (χ0) is 14.4. The van der Waals surface area contributed by atoms with Gasteiger partial charge in [0.05, 0.1) is 19.8 Å². The molecule has 1 aromatic rings. The number of carbonyl (C=O) groups is 2. The molecule has 2 rings (SSSR count). The number of amides is 1. The van der Waals surface area contributed by atoms with Crippen LogP contribution in [0.15, 0.2) is 30.3 Å². The maximum atomic E-state index is 12.0. The molecule has 1 saturated heterocycles. The number of nitrogens with zero attached hydrogens (tertiary/aromatic N) is 1. The van der Waals surface area contributed by atoms with E-state index < -0.39 is 12.0 Å². The van der Waals surface area contributed by atoms with Crippen molar-refractivity contribution in [3.05, 3.63) is 35.9 Å². The van der Waals surface area contributed by atoms with Crippen LogP contribution in [-0.2, 0) is 25.7 Å². The summed E-state index contributed by atoms with van der Waals surface area (Å²) in [6.45, 7) is 0.867. The van der Waals surface area contributed by atoms with Crippen LogP contribution in [-0.4, -0.2) is 54.3 Å². The average Bonchev–Trinajstić information content (AvgIpc) is 2.48. The van der Waals surface area contributed by atoms with Crippen LogP contribution in [0.1, 0.15) is 5.56 Å². The molecule has 1 unspecified atom stereocenters. The summed E-state index contributed by atoms with van der Waals surface area (Å²) in [6.07, 6.45) is 0. The molecule has 6 heteroatoms. The Morgan fingerprint density at radius 1 is 1.35 bits per heavy atom. The maximum absolute atomic E-state index is 12.0. The molecule has 0 bridgehead atoms. The molecule has 0 saturated carbocycles. The summed E-state index contributed by atoms with van der Waals surface area (Å²) in [5.41, 5.74) is 0.970. The van der Waals surface area contributed by atoms with Crippen molar-refractivity contribution >= 4 is 11.9 Å². The number of hydrogen-bond acceptors (Lipinski definition) is 4. The molecular weight excluding hydrogens is 262 g/mol. The van der Waals surface area contributed by atoms with Crippen LogP contribution in [0.5, 0.6) is 0 Å². The number of ether oxygens (including phenoxy) is 2. The Balaban J connectivity index is 1.83. The molecule has 1 fully saturated rings. The largest absolute Gasteiger partial charge is 0.480 e. The van der Waals surface area contributed by atoms with Gasteiger partial charge in [0.25, 0.3) is 0 Å². The predicted octanol–water partition coefficient (Wildman–Crippen LogP) is 0.515. The minimum Gasteiger partial charge on any atom is -0.480 e. The topological polar surface area (TPSA) is 76.1 Å². The minimum atomic E-state index is -1.05. The second-order valence-corrected chi connectivity index (χ2v) is 4.49. The third kappa shape index (κ3) is 3.79. The third-order valence-electron chi connectivity index (χ3n) is 3.07. The molecule has 1 N–H and O–H groups in total. The molecule has 1 amide bonds. The summed E-state index contributed by atoms with van der Waals surface area (Å²) >= 11 is 0. The van der Waals surface area contributed by atoms with Crippen molar-refractivity contribution in [3.63, 3.8) is 0 Å². The first-order valence-electron chi connectivity index (χ1n) is 6.40. The first-order valence-corrected chi connectivity index (χ1v) is 6.40. The molecule has 0 radical (unpaired) electrons. The molecular formula is C14H17NO5. The van der Waals surface area contributed by atoms with Crippen molar-refractivity contribution in [2.45, 2.75) is 12.6 Å². The highest BCUT2D eigenvalue weighted by atomic mass is 16.5. The normalized spacial score (nSPS) is 18.8. The van der Waals surface area contributed by atoms with Gasteiger partial charge in [0.15, 0.2) is 6.04 Å². The van der Waals surface area contributed by atoms with Gasteiger partial charge in [0, 0.05) is 6.54 Å². The second-order valence-electron chi connectivity index (χ2n) is 4.49. The number of morpholine rings is 1. The van der Waals surface area contributed by atoms with Gasteiger partial charge < -0.3 is 19.5 Å². The summed E-state index contributed by atoms with van der Waals surface area (Å²) in [5.74, 6) is -1.38. The number of hydrogen-bond donors (Lipinski definition) is 1. The Hall–Kier alpha value is -1.92. The van der Waals surface area contributed by atoms with Gasteiger partial charge in [-0.25, -0.2) is 4.79 Å². The van der Waals surface area contributed by atoms with E-state index in [0.29, 0.717) is 13.2 Å². The van der Waals surface area contributed by atoms with E-state index in [1.165, 1.54) is 4.90 Å². The zero-order valence-corrected chi connectivity index (χ0v) is 11.0. The molecule has 1 aliphatic rings. The van der Waals surface area contributed by atoms with Gasteiger partial charge in [-0.2, -0.15) is 0 Å². The van der Waals surface area contributed by atoms with Gasteiger partial charge in [-0.3, -0.25) is 4.79 Å². The number of carbonyl (C=O) groups excluding carboxylic acids is 1. The van der Waals surface area contributed by atoms with Crippen LogP contribution >= 0.6 is 0 Å². The highest BCUT2D eigenvalue weighted by Gasteiger charge is 2.32. The molecule has 0 aliphatic carbocycles. The lowest BCUT2D eigenvalue weighted by atomic mass is 10.2. The van der Waals surface area contributed by atoms with Crippen LogP contribution in [0.3, 0.4) is 0 Å². The first-order chi connectivity index (χ1) is 9.68. The van der Waals surface area contributed by atoms with Gasteiger partial charge in [0.1, 0.15) is 6.61 Å². The van der Waals surface area contributed by atoms with Crippen LogP contribution in [0.25, 0.3) is 0 Å². The van der Waals surface area contributed by atoms with E-state index in [2.05, 4.69) is 0 Å². The van der Waals surface area contributed by atoms with Gasteiger partial charge in [-0.05, 0) is 5.56 Å². The smallest absolute Gasteiger partial charge is 0.328 e. The van der Waals surface area contributed by atoms with Crippen LogP contribution in [0, 0.1) is 0 Å². The molecule has 0 aromatic heterocycles. The van der Waals surface area contributed by atoms with Crippen LogP contribution in [0.2, 0.25) is 0 Å². The van der Waals surface area contributed by atoms with Crippen molar-refractivity contribution in [3.8, 4) is 0 Å². The van der Waals surface area contributed by atoms with Crippen LogP contribution in [0.4, 0.5) is 0 Å². The van der Waals surface area contributed by atoms with E-state index in [1.807, 2.05) is 30.3 Å². The first kappa shape index (κ1) is 14.5. The van der Waals surface area contributed by atoms with Crippen molar-refractivity contribution in [1.29, 1.82) is 0 Å². The summed E-state index contributed by atoms with van der Waals surface area (Å²) in [7, 11) is 0. The van der Waals surface area contributed by atoms with Crippen molar-refractivity contribution in [2.75, 3.05) is 26.4 Å². The van der Waals surface area contributed by atoms with E-state index in [9.17, 15) is 9.59 Å². The summed E-state index contributed by atoms with van der Waals surface area (Å²) < 4.78 is 10.4. The molecule has 1 atom stereocenters. The number of benzene rings is 1. The van der Waals surface area contributed by atoms with E-state index in [0.717, 1.165) is 5.56 Å². The van der Waals surface area contributed by atoms with Crippen molar-refractivity contribution < 1.29 is 24.2 Å². The molecule has 20 heavy (non-hydrogen) atoms. The summed E-state index contributed by atoms with van der Waals surface area (Å²) in [4.78, 5) is 24.3. The average molecular weight is 279 g/mol. The standard InChI is InChI=1S/C14H17NO5/c16-13(10-20-8-11-4-2-1-3-5-11)15-6-7-19-9-12(15)14(17)18/h1-5,12H,6-10H2,(H,17,18). The Morgan fingerprint density at radius 2 is 2.10 bits per heavy atom. The predicted molar refractivity (Wildman–Crippen MR) is 70.1 cm³/mol. The molecule has 0 spiro atoms. The molecule has 6 nitrogen and oxygen atoms in total. The highest BCUT2D eigenvalue weighted by molar-refractivity contribution is 5.84.